The van der Waals surface area contributed by atoms with Crippen LogP contribution in [0.15, 0.2) is 78.9 Å². The molecule has 0 saturated carbocycles. The van der Waals surface area contributed by atoms with E-state index in [2.05, 4.69) is 54.4 Å². The van der Waals surface area contributed by atoms with Crippen LogP contribution in [0.5, 0.6) is 11.5 Å². The molecule has 2 aliphatic heterocycles. The number of nitrogens with zero attached hydrogens (tertiary/aromatic N) is 1. The van der Waals surface area contributed by atoms with Gasteiger partial charge in [0.25, 0.3) is 0 Å². The van der Waals surface area contributed by atoms with E-state index in [9.17, 15) is 9.90 Å². The van der Waals surface area contributed by atoms with Crippen molar-refractivity contribution in [3.8, 4) is 22.6 Å². The van der Waals surface area contributed by atoms with Crippen LogP contribution in [0.3, 0.4) is 0 Å². The molecule has 2 bridgehead atoms. The van der Waals surface area contributed by atoms with Crippen molar-refractivity contribution in [1.82, 2.24) is 4.90 Å². The normalized spacial score (nSPS) is 27.9. The number of carbonyl (C=O) groups excluding carboxylic acids is 1. The number of phenolic OH excluding ortho intramolecular Hbond substituents is 1. The smallest absolute Gasteiger partial charge is 0.504 e. The zero-order valence-corrected chi connectivity index (χ0v) is 22.1. The lowest BCUT2D eigenvalue weighted by Gasteiger charge is -2.56. The fourth-order valence-electron chi connectivity index (χ4n) is 7.39. The molecule has 3 aromatic rings. The molecule has 6 nitrogen and oxygen atoms in total. The zero-order valence-electron chi connectivity index (χ0n) is 22.1. The van der Waals surface area contributed by atoms with E-state index < -0.39 is 12.3 Å². The number of benzene rings is 3. The Morgan fingerprint density at radius 3 is 2.67 bits per heavy atom. The number of hydrogen-bond donors (Lipinski definition) is 1. The van der Waals surface area contributed by atoms with E-state index in [0.717, 1.165) is 31.4 Å². The highest BCUT2D eigenvalue weighted by molar-refractivity contribution is 5.65. The SMILES string of the molecule is CN1CCC23c4c5ccc(O)c4OC2C(OC(=O)OCCCc2ccc(-c4ccccc4)cc2)C=CC3C1C5. The van der Waals surface area contributed by atoms with Crippen LogP contribution in [-0.2, 0) is 27.7 Å². The van der Waals surface area contributed by atoms with Crippen LogP contribution in [0.2, 0.25) is 0 Å². The fourth-order valence-corrected chi connectivity index (χ4v) is 7.39. The summed E-state index contributed by atoms with van der Waals surface area (Å²) in [5.74, 6) is 0.974. The van der Waals surface area contributed by atoms with Gasteiger partial charge in [0.1, 0.15) is 6.10 Å². The average Bonchev–Trinajstić information content (AvgIpc) is 3.32. The van der Waals surface area contributed by atoms with Crippen molar-refractivity contribution in [2.24, 2.45) is 5.92 Å². The maximum atomic E-state index is 12.7. The molecule has 4 aliphatic rings. The van der Waals surface area contributed by atoms with Crippen molar-refractivity contribution < 1.29 is 24.1 Å². The molecule has 0 aromatic heterocycles. The van der Waals surface area contributed by atoms with Crippen LogP contribution in [0.4, 0.5) is 4.79 Å². The zero-order chi connectivity index (χ0) is 26.6. The predicted octanol–water partition coefficient (Wildman–Crippen LogP) is 5.66. The number of phenols is 1. The van der Waals surface area contributed by atoms with Gasteiger partial charge in [0.05, 0.1) is 6.61 Å². The van der Waals surface area contributed by atoms with E-state index in [1.807, 2.05) is 30.3 Å². The number of aryl methyl sites for hydroxylation is 1. The second-order valence-electron chi connectivity index (χ2n) is 11.3. The van der Waals surface area contributed by atoms with Crippen molar-refractivity contribution in [3.63, 3.8) is 0 Å². The molecule has 6 heteroatoms. The number of aromatic hydroxyl groups is 1. The third-order valence-corrected chi connectivity index (χ3v) is 9.25. The lowest BCUT2D eigenvalue weighted by molar-refractivity contribution is -0.0633. The molecule has 200 valence electrons. The van der Waals surface area contributed by atoms with E-state index in [4.69, 9.17) is 14.2 Å². The first-order valence-corrected chi connectivity index (χ1v) is 13.9. The Balaban J connectivity index is 0.994. The minimum absolute atomic E-state index is 0.159. The van der Waals surface area contributed by atoms with Crippen molar-refractivity contribution >= 4 is 6.16 Å². The van der Waals surface area contributed by atoms with E-state index in [0.29, 0.717) is 18.2 Å². The number of carbonyl (C=O) groups is 1. The maximum absolute atomic E-state index is 12.7. The van der Waals surface area contributed by atoms with Crippen LogP contribution in [0, 0.1) is 5.92 Å². The molecule has 5 unspecified atom stereocenters. The molecule has 5 atom stereocenters. The summed E-state index contributed by atoms with van der Waals surface area (Å²) in [5.41, 5.74) is 5.63. The van der Waals surface area contributed by atoms with Gasteiger partial charge in [-0.15, -0.1) is 0 Å². The van der Waals surface area contributed by atoms with Crippen LogP contribution in [0.25, 0.3) is 11.1 Å². The summed E-state index contributed by atoms with van der Waals surface area (Å²) in [7, 11) is 2.18. The lowest BCUT2D eigenvalue weighted by Crippen LogP contribution is -2.65. The van der Waals surface area contributed by atoms with E-state index in [1.54, 1.807) is 6.07 Å². The second kappa shape index (κ2) is 9.45. The first-order valence-electron chi connectivity index (χ1n) is 13.9. The van der Waals surface area contributed by atoms with Crippen molar-refractivity contribution in [2.45, 2.75) is 49.3 Å². The maximum Gasteiger partial charge on any atom is 0.508 e. The van der Waals surface area contributed by atoms with E-state index >= 15 is 0 Å². The standard InChI is InChI=1S/C33H33NO5/c1-34-18-17-33-25-14-16-28(31(33)39-30-27(35)15-13-24(29(30)33)20-26(25)34)38-32(36)37-19-5-6-21-9-11-23(12-10-21)22-7-3-2-4-8-22/h2-4,7-16,25-26,28,31,35H,5-6,17-20H2,1H3. The van der Waals surface area contributed by atoms with Gasteiger partial charge in [0.15, 0.2) is 17.6 Å². The molecular weight excluding hydrogens is 490 g/mol. The Labute approximate surface area is 228 Å². The lowest BCUT2D eigenvalue weighted by atomic mass is 9.53. The topological polar surface area (TPSA) is 68.2 Å². The number of likely N-dealkylation sites (tertiary alicyclic amines) is 1. The van der Waals surface area contributed by atoms with Gasteiger partial charge in [-0.3, -0.25) is 0 Å². The Morgan fingerprint density at radius 2 is 1.85 bits per heavy atom. The Kier molecular flexibility index (Phi) is 5.89. The van der Waals surface area contributed by atoms with Gasteiger partial charge >= 0.3 is 6.16 Å². The van der Waals surface area contributed by atoms with Crippen LogP contribution in [-0.4, -0.2) is 54.6 Å². The molecule has 1 saturated heterocycles. The number of ether oxygens (including phenoxy) is 3. The quantitative estimate of drug-likeness (QED) is 0.256. The van der Waals surface area contributed by atoms with Gasteiger partial charge in [-0.05, 0) is 73.7 Å². The van der Waals surface area contributed by atoms with E-state index in [-0.39, 0.29) is 29.8 Å². The van der Waals surface area contributed by atoms with Crippen LogP contribution in [0.1, 0.15) is 29.5 Å². The molecule has 7 rings (SSSR count). The Bertz CT molecular complexity index is 1420. The van der Waals surface area contributed by atoms with Crippen molar-refractivity contribution in [1.29, 1.82) is 0 Å². The molecule has 2 heterocycles. The Hall–Kier alpha value is -3.77. The summed E-state index contributed by atoms with van der Waals surface area (Å²) in [6.45, 7) is 1.22. The van der Waals surface area contributed by atoms with Gasteiger partial charge in [0.2, 0.25) is 0 Å². The van der Waals surface area contributed by atoms with Gasteiger partial charge < -0.3 is 24.2 Å². The molecule has 2 aliphatic carbocycles. The summed E-state index contributed by atoms with van der Waals surface area (Å²) < 4.78 is 17.8. The molecule has 39 heavy (non-hydrogen) atoms. The highest BCUT2D eigenvalue weighted by Crippen LogP contribution is 2.62. The average molecular weight is 524 g/mol. The summed E-state index contributed by atoms with van der Waals surface area (Å²) >= 11 is 0. The highest BCUT2D eigenvalue weighted by Gasteiger charge is 2.65. The predicted molar refractivity (Wildman–Crippen MR) is 148 cm³/mol. The minimum atomic E-state index is -0.678. The number of likely N-dealkylation sites (N-methyl/N-ethyl adjacent to an activating group) is 1. The minimum Gasteiger partial charge on any atom is -0.504 e. The molecule has 0 amide bonds. The second-order valence-corrected chi connectivity index (χ2v) is 11.3. The third kappa shape index (κ3) is 3.92. The Morgan fingerprint density at radius 1 is 1.05 bits per heavy atom. The van der Waals surface area contributed by atoms with Crippen LogP contribution < -0.4 is 4.74 Å². The van der Waals surface area contributed by atoms with Crippen molar-refractivity contribution in [2.75, 3.05) is 20.2 Å². The highest BCUT2D eigenvalue weighted by atomic mass is 16.7. The summed E-state index contributed by atoms with van der Waals surface area (Å²) in [6.07, 6.45) is 5.89. The largest absolute Gasteiger partial charge is 0.508 e. The van der Waals surface area contributed by atoms with Gasteiger partial charge in [0, 0.05) is 22.9 Å². The molecule has 3 aromatic carbocycles. The third-order valence-electron chi connectivity index (χ3n) is 9.25. The number of piperidine rings is 1. The fraction of sp³-hybridized carbons (Fsp3) is 0.364. The first kappa shape index (κ1) is 24.3. The number of hydrogen-bond acceptors (Lipinski definition) is 6. The van der Waals surface area contributed by atoms with Crippen LogP contribution >= 0.6 is 0 Å². The number of rotatable bonds is 6. The molecular formula is C33H33NO5. The van der Waals surface area contributed by atoms with E-state index in [1.165, 1.54) is 22.3 Å². The molecule has 1 fully saturated rings. The van der Waals surface area contributed by atoms with Gasteiger partial charge in [-0.2, -0.15) is 0 Å². The summed E-state index contributed by atoms with van der Waals surface area (Å²) in [5, 5.41) is 10.6. The molecule has 1 spiro atoms. The van der Waals surface area contributed by atoms with Gasteiger partial charge in [-0.1, -0.05) is 66.7 Å². The molecule has 0 radical (unpaired) electrons. The van der Waals surface area contributed by atoms with Gasteiger partial charge in [-0.25, -0.2) is 4.79 Å². The summed E-state index contributed by atoms with van der Waals surface area (Å²) in [4.78, 5) is 15.2. The first-order chi connectivity index (χ1) is 19.0. The summed E-state index contributed by atoms with van der Waals surface area (Å²) in [6, 6.07) is 22.9. The monoisotopic (exact) mass is 523 g/mol. The van der Waals surface area contributed by atoms with Crippen molar-refractivity contribution in [3.05, 3.63) is 95.6 Å². The molecule has 1 N–H and O–H groups in total.